The minimum atomic E-state index is -0.869. The minimum absolute atomic E-state index is 0.106. The molecule has 1 heterocycles. The predicted molar refractivity (Wildman–Crippen MR) is 86.0 cm³/mol. The van der Waals surface area contributed by atoms with Crippen LogP contribution in [0.25, 0.3) is 0 Å². The second kappa shape index (κ2) is 6.67. The lowest BCUT2D eigenvalue weighted by atomic mass is 9.74. The van der Waals surface area contributed by atoms with E-state index < -0.39 is 5.54 Å². The van der Waals surface area contributed by atoms with Crippen LogP contribution in [-0.2, 0) is 14.9 Å². The summed E-state index contributed by atoms with van der Waals surface area (Å²) in [4.78, 5) is 12.1. The molecule has 0 aromatic heterocycles. The number of nitrogens with one attached hydrogen (secondary N) is 1. The molecule has 3 N–H and O–H groups in total. The van der Waals surface area contributed by atoms with Crippen molar-refractivity contribution in [2.45, 2.75) is 37.6 Å². The SMILES string of the molecule is COc1ccc(C2(CNC(=O)C(C)(C)N)CCOCC2)cc1. The van der Waals surface area contributed by atoms with E-state index in [2.05, 4.69) is 17.4 Å². The highest BCUT2D eigenvalue weighted by Crippen LogP contribution is 2.35. The van der Waals surface area contributed by atoms with Gasteiger partial charge in [0.1, 0.15) is 5.75 Å². The quantitative estimate of drug-likeness (QED) is 0.866. The number of nitrogens with two attached hydrogens (primary N) is 1. The molecular formula is C17H26N2O3. The summed E-state index contributed by atoms with van der Waals surface area (Å²) < 4.78 is 10.7. The van der Waals surface area contributed by atoms with Crippen LogP contribution in [0.5, 0.6) is 5.75 Å². The van der Waals surface area contributed by atoms with Crippen LogP contribution in [0, 0.1) is 0 Å². The number of amides is 1. The molecule has 1 amide bonds. The highest BCUT2D eigenvalue weighted by atomic mass is 16.5. The number of benzene rings is 1. The second-order valence-electron chi connectivity index (χ2n) is 6.53. The lowest BCUT2D eigenvalue weighted by molar-refractivity contribution is -0.125. The Kier molecular flexibility index (Phi) is 5.08. The standard InChI is InChI=1S/C17H26N2O3/c1-16(2,18)15(20)19-12-17(8-10-22-11-9-17)13-4-6-14(21-3)7-5-13/h4-7H,8-12,18H2,1-3H3,(H,19,20). The molecule has 5 heteroatoms. The van der Waals surface area contributed by atoms with Gasteiger partial charge in [-0.15, -0.1) is 0 Å². The first-order valence-corrected chi connectivity index (χ1v) is 7.67. The van der Waals surface area contributed by atoms with Gasteiger partial charge in [0.05, 0.1) is 12.6 Å². The van der Waals surface area contributed by atoms with Crippen LogP contribution in [0.2, 0.25) is 0 Å². The Balaban J connectivity index is 2.18. The van der Waals surface area contributed by atoms with E-state index in [-0.39, 0.29) is 11.3 Å². The molecule has 5 nitrogen and oxygen atoms in total. The minimum Gasteiger partial charge on any atom is -0.497 e. The van der Waals surface area contributed by atoms with Gasteiger partial charge in [0.2, 0.25) is 5.91 Å². The third-order valence-corrected chi connectivity index (χ3v) is 4.32. The number of hydrogen-bond donors (Lipinski definition) is 2. The van der Waals surface area contributed by atoms with E-state index in [1.54, 1.807) is 21.0 Å². The summed E-state index contributed by atoms with van der Waals surface area (Å²) >= 11 is 0. The molecule has 0 saturated carbocycles. The van der Waals surface area contributed by atoms with E-state index >= 15 is 0 Å². The highest BCUT2D eigenvalue weighted by molar-refractivity contribution is 5.85. The van der Waals surface area contributed by atoms with E-state index in [1.165, 1.54) is 5.56 Å². The molecule has 0 radical (unpaired) electrons. The Hall–Kier alpha value is -1.59. The van der Waals surface area contributed by atoms with Crippen LogP contribution in [-0.4, -0.2) is 38.3 Å². The van der Waals surface area contributed by atoms with Crippen molar-refractivity contribution in [3.05, 3.63) is 29.8 Å². The third-order valence-electron chi connectivity index (χ3n) is 4.32. The van der Waals surface area contributed by atoms with E-state index in [9.17, 15) is 4.79 Å². The summed E-state index contributed by atoms with van der Waals surface area (Å²) in [6.07, 6.45) is 1.76. The molecule has 1 saturated heterocycles. The first-order valence-electron chi connectivity index (χ1n) is 7.67. The van der Waals surface area contributed by atoms with Gasteiger partial charge >= 0.3 is 0 Å². The Morgan fingerprint density at radius 1 is 1.32 bits per heavy atom. The average molecular weight is 306 g/mol. The van der Waals surface area contributed by atoms with Gasteiger partial charge in [0.25, 0.3) is 0 Å². The topological polar surface area (TPSA) is 73.6 Å². The number of ether oxygens (including phenoxy) is 2. The van der Waals surface area contributed by atoms with Gasteiger partial charge in [0.15, 0.2) is 0 Å². The molecule has 1 fully saturated rings. The first kappa shape index (κ1) is 16.8. The summed E-state index contributed by atoms with van der Waals surface area (Å²) in [5.74, 6) is 0.699. The zero-order valence-corrected chi connectivity index (χ0v) is 13.6. The van der Waals surface area contributed by atoms with Crippen molar-refractivity contribution in [1.29, 1.82) is 0 Å². The highest BCUT2D eigenvalue weighted by Gasteiger charge is 2.36. The van der Waals surface area contributed by atoms with Crippen molar-refractivity contribution in [2.24, 2.45) is 5.73 Å². The Bertz CT molecular complexity index is 500. The maximum atomic E-state index is 12.1. The molecule has 0 spiro atoms. The lowest BCUT2D eigenvalue weighted by Gasteiger charge is -2.38. The van der Waals surface area contributed by atoms with E-state index in [4.69, 9.17) is 15.2 Å². The number of carbonyl (C=O) groups excluding carboxylic acids is 1. The summed E-state index contributed by atoms with van der Waals surface area (Å²) in [6.45, 7) is 5.41. The molecule has 22 heavy (non-hydrogen) atoms. The molecule has 1 aromatic carbocycles. The second-order valence-corrected chi connectivity index (χ2v) is 6.53. The van der Waals surface area contributed by atoms with Crippen LogP contribution in [0.3, 0.4) is 0 Å². The van der Waals surface area contributed by atoms with Crippen LogP contribution in [0.1, 0.15) is 32.3 Å². The van der Waals surface area contributed by atoms with Gasteiger partial charge < -0.3 is 20.5 Å². The predicted octanol–water partition coefficient (Wildman–Crippen LogP) is 1.60. The number of rotatable bonds is 5. The molecule has 0 bridgehead atoms. The van der Waals surface area contributed by atoms with Crippen LogP contribution >= 0.6 is 0 Å². The van der Waals surface area contributed by atoms with Gasteiger partial charge in [-0.2, -0.15) is 0 Å². The molecule has 2 rings (SSSR count). The van der Waals surface area contributed by atoms with Gasteiger partial charge in [-0.05, 0) is 44.4 Å². The van der Waals surface area contributed by atoms with Gasteiger partial charge in [0, 0.05) is 25.2 Å². The van der Waals surface area contributed by atoms with Gasteiger partial charge in [-0.1, -0.05) is 12.1 Å². The summed E-state index contributed by atoms with van der Waals surface area (Å²) in [5, 5.41) is 3.01. The number of hydrogen-bond acceptors (Lipinski definition) is 4. The van der Waals surface area contributed by atoms with Gasteiger partial charge in [-0.25, -0.2) is 0 Å². The normalized spacial score (nSPS) is 17.8. The molecule has 122 valence electrons. The zero-order valence-electron chi connectivity index (χ0n) is 13.6. The van der Waals surface area contributed by atoms with Crippen LogP contribution in [0.15, 0.2) is 24.3 Å². The molecule has 0 atom stereocenters. The van der Waals surface area contributed by atoms with Crippen molar-refractivity contribution in [3.8, 4) is 5.75 Å². The smallest absolute Gasteiger partial charge is 0.239 e. The lowest BCUT2D eigenvalue weighted by Crippen LogP contribution is -2.53. The summed E-state index contributed by atoms with van der Waals surface area (Å²) in [7, 11) is 1.66. The molecule has 0 unspecified atom stereocenters. The van der Waals surface area contributed by atoms with E-state index in [0.29, 0.717) is 19.8 Å². The zero-order chi connectivity index (χ0) is 16.2. The van der Waals surface area contributed by atoms with Crippen molar-refractivity contribution in [3.63, 3.8) is 0 Å². The van der Waals surface area contributed by atoms with Crippen molar-refractivity contribution < 1.29 is 14.3 Å². The largest absolute Gasteiger partial charge is 0.497 e. The van der Waals surface area contributed by atoms with Crippen molar-refractivity contribution >= 4 is 5.91 Å². The number of methoxy groups -OCH3 is 1. The fourth-order valence-corrected chi connectivity index (χ4v) is 2.75. The monoisotopic (exact) mass is 306 g/mol. The van der Waals surface area contributed by atoms with E-state index in [1.807, 2.05) is 12.1 Å². The van der Waals surface area contributed by atoms with E-state index in [0.717, 1.165) is 18.6 Å². The molecule has 0 aliphatic carbocycles. The van der Waals surface area contributed by atoms with Gasteiger partial charge in [-0.3, -0.25) is 4.79 Å². The fraction of sp³-hybridized carbons (Fsp3) is 0.588. The first-order chi connectivity index (χ1) is 10.4. The molecule has 1 aliphatic rings. The molecule has 1 aromatic rings. The molecular weight excluding hydrogens is 280 g/mol. The average Bonchev–Trinajstić information content (AvgIpc) is 2.52. The van der Waals surface area contributed by atoms with Crippen molar-refractivity contribution in [2.75, 3.05) is 26.9 Å². The van der Waals surface area contributed by atoms with Crippen LogP contribution < -0.4 is 15.8 Å². The Labute approximate surface area is 132 Å². The fourth-order valence-electron chi connectivity index (χ4n) is 2.75. The maximum Gasteiger partial charge on any atom is 0.239 e. The summed E-state index contributed by atoms with van der Waals surface area (Å²) in [6, 6.07) is 8.07. The molecule has 1 aliphatic heterocycles. The summed E-state index contributed by atoms with van der Waals surface area (Å²) in [5.41, 5.74) is 6.09. The van der Waals surface area contributed by atoms with Crippen LogP contribution in [0.4, 0.5) is 0 Å². The Morgan fingerprint density at radius 3 is 2.41 bits per heavy atom. The maximum absolute atomic E-state index is 12.1. The number of carbonyl (C=O) groups is 1. The third kappa shape index (κ3) is 3.78. The van der Waals surface area contributed by atoms with Crippen molar-refractivity contribution in [1.82, 2.24) is 5.32 Å². The Morgan fingerprint density at radius 2 is 1.91 bits per heavy atom.